The largest absolute Gasteiger partial charge is 0.462 e. The Morgan fingerprint density at radius 3 is 2.88 bits per heavy atom. The van der Waals surface area contributed by atoms with Crippen LogP contribution in [0.3, 0.4) is 0 Å². The average Bonchev–Trinajstić information content (AvgIpc) is 3.09. The SMILES string of the molecule is O=C(OCCCc1nc(-c2cccnc2)no1)c1ccccc1Br. The van der Waals surface area contributed by atoms with Crippen molar-refractivity contribution >= 4 is 21.9 Å². The highest BCUT2D eigenvalue weighted by atomic mass is 79.9. The number of rotatable bonds is 6. The number of benzene rings is 1. The van der Waals surface area contributed by atoms with E-state index in [-0.39, 0.29) is 12.6 Å². The van der Waals surface area contributed by atoms with Gasteiger partial charge in [-0.3, -0.25) is 4.98 Å². The quantitative estimate of drug-likeness (QED) is 0.474. The first-order valence-electron chi connectivity index (χ1n) is 7.38. The van der Waals surface area contributed by atoms with E-state index in [1.807, 2.05) is 18.2 Å². The molecular formula is C17H14BrN3O3. The third-order valence-electron chi connectivity index (χ3n) is 3.25. The molecule has 2 heterocycles. The lowest BCUT2D eigenvalue weighted by atomic mass is 10.2. The second-order valence-corrected chi connectivity index (χ2v) is 5.83. The Morgan fingerprint density at radius 1 is 1.21 bits per heavy atom. The fraction of sp³-hybridized carbons (Fsp3) is 0.176. The first-order valence-corrected chi connectivity index (χ1v) is 8.18. The Kier molecular flexibility index (Phi) is 5.32. The number of carbonyl (C=O) groups is 1. The third-order valence-corrected chi connectivity index (χ3v) is 3.94. The summed E-state index contributed by atoms with van der Waals surface area (Å²) >= 11 is 3.33. The first kappa shape index (κ1) is 16.3. The molecule has 0 bridgehead atoms. The van der Waals surface area contributed by atoms with Crippen molar-refractivity contribution < 1.29 is 14.1 Å². The second-order valence-electron chi connectivity index (χ2n) is 4.97. The van der Waals surface area contributed by atoms with Crippen molar-refractivity contribution in [3.8, 4) is 11.4 Å². The minimum atomic E-state index is -0.357. The van der Waals surface area contributed by atoms with Gasteiger partial charge in [-0.25, -0.2) is 4.79 Å². The van der Waals surface area contributed by atoms with Gasteiger partial charge in [0.2, 0.25) is 11.7 Å². The summed E-state index contributed by atoms with van der Waals surface area (Å²) in [7, 11) is 0. The zero-order chi connectivity index (χ0) is 16.8. The van der Waals surface area contributed by atoms with E-state index in [0.29, 0.717) is 34.6 Å². The topological polar surface area (TPSA) is 78.1 Å². The predicted molar refractivity (Wildman–Crippen MR) is 90.3 cm³/mol. The van der Waals surface area contributed by atoms with E-state index < -0.39 is 0 Å². The summed E-state index contributed by atoms with van der Waals surface area (Å²) in [6.07, 6.45) is 4.50. The Morgan fingerprint density at radius 2 is 2.08 bits per heavy atom. The van der Waals surface area contributed by atoms with Gasteiger partial charge in [-0.1, -0.05) is 17.3 Å². The molecule has 0 fully saturated rings. The molecule has 1 aromatic carbocycles. The molecule has 0 radical (unpaired) electrons. The van der Waals surface area contributed by atoms with Crippen LogP contribution < -0.4 is 0 Å². The molecule has 0 amide bonds. The van der Waals surface area contributed by atoms with E-state index in [4.69, 9.17) is 9.26 Å². The number of ether oxygens (including phenoxy) is 1. The summed E-state index contributed by atoms with van der Waals surface area (Å²) in [5.74, 6) is 0.651. The monoisotopic (exact) mass is 387 g/mol. The van der Waals surface area contributed by atoms with E-state index in [1.54, 1.807) is 30.6 Å². The smallest absolute Gasteiger partial charge is 0.339 e. The predicted octanol–water partition coefficient (Wildman–Crippen LogP) is 3.68. The Labute approximate surface area is 147 Å². The summed E-state index contributed by atoms with van der Waals surface area (Å²) in [6, 6.07) is 10.8. The van der Waals surface area contributed by atoms with Gasteiger partial charge in [-0.2, -0.15) is 4.98 Å². The number of hydrogen-bond donors (Lipinski definition) is 0. The molecule has 3 aromatic rings. The molecule has 0 aliphatic carbocycles. The number of esters is 1. The molecule has 0 saturated carbocycles. The Hall–Kier alpha value is -2.54. The highest BCUT2D eigenvalue weighted by Gasteiger charge is 2.11. The minimum absolute atomic E-state index is 0.283. The number of hydrogen-bond acceptors (Lipinski definition) is 6. The van der Waals surface area contributed by atoms with Crippen molar-refractivity contribution in [1.29, 1.82) is 0 Å². The van der Waals surface area contributed by atoms with Gasteiger partial charge in [0.15, 0.2) is 0 Å². The van der Waals surface area contributed by atoms with Gasteiger partial charge in [0.25, 0.3) is 0 Å². The van der Waals surface area contributed by atoms with Crippen LogP contribution in [0.25, 0.3) is 11.4 Å². The molecule has 0 aliphatic rings. The van der Waals surface area contributed by atoms with Crippen LogP contribution in [0.1, 0.15) is 22.7 Å². The van der Waals surface area contributed by atoms with Gasteiger partial charge in [0, 0.05) is 28.9 Å². The van der Waals surface area contributed by atoms with Crippen LogP contribution in [-0.4, -0.2) is 27.7 Å². The molecule has 0 unspecified atom stereocenters. The van der Waals surface area contributed by atoms with Crippen LogP contribution in [0.5, 0.6) is 0 Å². The fourth-order valence-electron chi connectivity index (χ4n) is 2.06. The molecule has 0 spiro atoms. The van der Waals surface area contributed by atoms with Crippen molar-refractivity contribution in [1.82, 2.24) is 15.1 Å². The van der Waals surface area contributed by atoms with Gasteiger partial charge < -0.3 is 9.26 Å². The zero-order valence-electron chi connectivity index (χ0n) is 12.7. The normalized spacial score (nSPS) is 10.5. The van der Waals surface area contributed by atoms with E-state index in [1.165, 1.54) is 0 Å². The van der Waals surface area contributed by atoms with Crippen LogP contribution in [0.15, 0.2) is 57.8 Å². The molecular weight excluding hydrogens is 374 g/mol. The number of aromatic nitrogens is 3. The summed E-state index contributed by atoms with van der Waals surface area (Å²) in [5, 5.41) is 3.92. The van der Waals surface area contributed by atoms with Crippen molar-refractivity contribution in [2.24, 2.45) is 0 Å². The molecule has 2 aromatic heterocycles. The Bertz CT molecular complexity index is 821. The van der Waals surface area contributed by atoms with Gasteiger partial charge in [-0.15, -0.1) is 0 Å². The highest BCUT2D eigenvalue weighted by Crippen LogP contribution is 2.17. The summed E-state index contributed by atoms with van der Waals surface area (Å²) < 4.78 is 11.2. The van der Waals surface area contributed by atoms with Crippen molar-refractivity contribution in [2.45, 2.75) is 12.8 Å². The van der Waals surface area contributed by atoms with Crippen LogP contribution in [0, 0.1) is 0 Å². The van der Waals surface area contributed by atoms with E-state index in [9.17, 15) is 4.79 Å². The molecule has 0 aliphatic heterocycles. The summed E-state index contributed by atoms with van der Waals surface area (Å²) in [6.45, 7) is 0.283. The third kappa shape index (κ3) is 4.05. The molecule has 0 N–H and O–H groups in total. The van der Waals surface area contributed by atoms with Gasteiger partial charge in [-0.05, 0) is 46.6 Å². The lowest BCUT2D eigenvalue weighted by Gasteiger charge is -2.05. The van der Waals surface area contributed by atoms with Crippen LogP contribution in [0.2, 0.25) is 0 Å². The van der Waals surface area contributed by atoms with Crippen LogP contribution in [0.4, 0.5) is 0 Å². The second kappa shape index (κ2) is 7.83. The number of nitrogens with zero attached hydrogens (tertiary/aromatic N) is 3. The lowest BCUT2D eigenvalue weighted by Crippen LogP contribution is -2.07. The van der Waals surface area contributed by atoms with Crippen molar-refractivity contribution in [2.75, 3.05) is 6.61 Å². The van der Waals surface area contributed by atoms with Crippen molar-refractivity contribution in [3.63, 3.8) is 0 Å². The first-order chi connectivity index (χ1) is 11.7. The van der Waals surface area contributed by atoms with Crippen LogP contribution >= 0.6 is 15.9 Å². The Balaban J connectivity index is 1.48. The molecule has 6 nitrogen and oxygen atoms in total. The zero-order valence-corrected chi connectivity index (χ0v) is 14.3. The van der Waals surface area contributed by atoms with E-state index in [0.717, 1.165) is 5.56 Å². The molecule has 0 atom stereocenters. The minimum Gasteiger partial charge on any atom is -0.462 e. The number of pyridine rings is 1. The maximum Gasteiger partial charge on any atom is 0.339 e. The van der Waals surface area contributed by atoms with Gasteiger partial charge >= 0.3 is 5.97 Å². The number of aryl methyl sites for hydroxylation is 1. The van der Waals surface area contributed by atoms with Crippen LogP contribution in [-0.2, 0) is 11.2 Å². The van der Waals surface area contributed by atoms with E-state index >= 15 is 0 Å². The van der Waals surface area contributed by atoms with Gasteiger partial charge in [0.05, 0.1) is 12.2 Å². The average molecular weight is 388 g/mol. The fourth-order valence-corrected chi connectivity index (χ4v) is 2.51. The number of halogens is 1. The van der Waals surface area contributed by atoms with Crippen molar-refractivity contribution in [3.05, 3.63) is 64.7 Å². The molecule has 3 rings (SSSR count). The summed E-state index contributed by atoms with van der Waals surface area (Å²) in [4.78, 5) is 20.3. The maximum absolute atomic E-state index is 12.0. The van der Waals surface area contributed by atoms with E-state index in [2.05, 4.69) is 31.1 Å². The number of carbonyl (C=O) groups excluding carboxylic acids is 1. The summed E-state index contributed by atoms with van der Waals surface area (Å²) in [5.41, 5.74) is 1.31. The van der Waals surface area contributed by atoms with Gasteiger partial charge in [0.1, 0.15) is 0 Å². The molecule has 122 valence electrons. The highest BCUT2D eigenvalue weighted by molar-refractivity contribution is 9.10. The molecule has 0 saturated heterocycles. The lowest BCUT2D eigenvalue weighted by molar-refractivity contribution is 0.0497. The molecule has 7 heteroatoms. The molecule has 24 heavy (non-hydrogen) atoms. The maximum atomic E-state index is 12.0. The standard InChI is InChI=1S/C17H14BrN3O3/c18-14-7-2-1-6-13(14)17(22)23-10-4-8-15-20-16(21-24-15)12-5-3-9-19-11-12/h1-3,5-7,9,11H,4,8,10H2.